The SMILES string of the molecule is CC(C)(C)c1ccc(-c2cc(C(C)(C)C)ccc2N)cc1.CI.NI.[2H]c1c([2H])c(C(C)(C)C)c([2H])c([2H])c1Br.[2H]c1c([2H])c(C(C)(C)C)c([2H])c([2H])c1Cc1ccc(C(C)(C)C)cc1-c1ccc(C(C)(C)C)cc1. The molecule has 0 aliphatic heterocycles. The van der Waals surface area contributed by atoms with E-state index in [9.17, 15) is 0 Å². The maximum atomic E-state index is 8.73. The fraction of sp³-hybridized carbons (Fsp3) is 0.419. The first kappa shape index (κ1) is 47.7. The van der Waals surface area contributed by atoms with Crippen LogP contribution in [0.25, 0.3) is 22.3 Å². The molecule has 0 unspecified atom stereocenters. The highest BCUT2D eigenvalue weighted by Crippen LogP contribution is 2.36. The average Bonchev–Trinajstić information content (AvgIpc) is 3.31. The van der Waals surface area contributed by atoms with E-state index in [4.69, 9.17) is 16.7 Å². The molecular weight excluding hydrogens is 1110 g/mol. The van der Waals surface area contributed by atoms with Crippen LogP contribution >= 0.6 is 61.4 Å². The Morgan fingerprint density at radius 3 is 1.06 bits per heavy atom. The number of anilines is 1. The third-order valence-electron chi connectivity index (χ3n) is 11.2. The first-order valence-electron chi connectivity index (χ1n) is 26.9. The maximum Gasteiger partial charge on any atom is 0.0635 e. The summed E-state index contributed by atoms with van der Waals surface area (Å²) in [6, 6.07) is 30.6. The lowest BCUT2D eigenvalue weighted by atomic mass is 9.82. The van der Waals surface area contributed by atoms with E-state index in [2.05, 4.69) is 204 Å². The van der Waals surface area contributed by atoms with Crippen molar-refractivity contribution in [3.63, 3.8) is 0 Å². The number of rotatable bonds is 4. The molecule has 0 amide bonds. The molecule has 0 aliphatic carbocycles. The fourth-order valence-electron chi connectivity index (χ4n) is 6.70. The van der Waals surface area contributed by atoms with Gasteiger partial charge < -0.3 is 5.73 Å². The second kappa shape index (κ2) is 25.2. The molecule has 0 atom stereocenters. The predicted octanol–water partition coefficient (Wildman–Crippen LogP) is 19.5. The molecule has 0 saturated heterocycles. The van der Waals surface area contributed by atoms with Crippen LogP contribution in [0.1, 0.15) is 180 Å². The third kappa shape index (κ3) is 19.0. The predicted molar refractivity (Wildman–Crippen MR) is 322 cm³/mol. The molecule has 364 valence electrons. The van der Waals surface area contributed by atoms with Crippen LogP contribution in [0.15, 0.2) is 138 Å². The van der Waals surface area contributed by atoms with Crippen LogP contribution in [0.4, 0.5) is 5.69 Å². The molecule has 0 spiro atoms. The minimum atomic E-state index is -0.466. The van der Waals surface area contributed by atoms with Crippen molar-refractivity contribution >= 4 is 67.1 Å². The molecule has 6 rings (SSSR count). The van der Waals surface area contributed by atoms with Crippen molar-refractivity contribution in [2.75, 3.05) is 10.7 Å². The number of nitrogens with two attached hydrogens (primary N) is 2. The number of hydrogen-bond acceptors (Lipinski definition) is 2. The Bertz CT molecular complexity index is 2820. The largest absolute Gasteiger partial charge is 0.398 e. The third-order valence-corrected chi connectivity index (χ3v) is 11.6. The summed E-state index contributed by atoms with van der Waals surface area (Å²) in [6.07, 6.45) is 0.348. The van der Waals surface area contributed by atoms with Crippen molar-refractivity contribution in [1.29, 1.82) is 0 Å². The van der Waals surface area contributed by atoms with Gasteiger partial charge in [-0.25, -0.2) is 0 Å². The van der Waals surface area contributed by atoms with Crippen molar-refractivity contribution in [1.82, 2.24) is 0 Å². The fourth-order valence-corrected chi connectivity index (χ4v) is 6.90. The van der Waals surface area contributed by atoms with Crippen LogP contribution in [-0.4, -0.2) is 4.93 Å². The normalized spacial score (nSPS) is 13.6. The van der Waals surface area contributed by atoms with E-state index in [0.717, 1.165) is 27.9 Å². The quantitative estimate of drug-likeness (QED) is 0.0800. The monoisotopic (exact) mass is 1200 g/mol. The summed E-state index contributed by atoms with van der Waals surface area (Å²) in [5.41, 5.74) is 18.6. The lowest BCUT2D eigenvalue weighted by molar-refractivity contribution is 0.589. The summed E-state index contributed by atoms with van der Waals surface area (Å²) in [7, 11) is 0. The Labute approximate surface area is 457 Å². The molecule has 0 heterocycles. The van der Waals surface area contributed by atoms with Crippen LogP contribution in [0.2, 0.25) is 0 Å². The van der Waals surface area contributed by atoms with Crippen molar-refractivity contribution < 1.29 is 11.0 Å². The topological polar surface area (TPSA) is 52.0 Å². The summed E-state index contributed by atoms with van der Waals surface area (Å²) in [4.78, 5) is 1.97. The highest BCUT2D eigenvalue weighted by atomic mass is 127. The summed E-state index contributed by atoms with van der Waals surface area (Å²) >= 11 is 6.87. The smallest absolute Gasteiger partial charge is 0.0635 e. The minimum Gasteiger partial charge on any atom is -0.398 e. The van der Waals surface area contributed by atoms with E-state index in [1.807, 2.05) is 52.5 Å². The number of hydrogen-bond donors (Lipinski definition) is 2. The Hall–Kier alpha value is -2.98. The zero-order valence-corrected chi connectivity index (χ0v) is 50.0. The minimum absolute atomic E-state index is 0.0130. The average molecular weight is 1200 g/mol. The lowest BCUT2D eigenvalue weighted by Crippen LogP contribution is -2.12. The van der Waals surface area contributed by atoms with Crippen molar-refractivity contribution in [3.05, 3.63) is 182 Å². The molecule has 0 aromatic heterocycles. The standard InChI is InChI=1S/C31H40.C20H27N.C10H13Br.CH3I.H2IN/c1-29(2,3)25-15-10-22(11-16-25)20-24-14-19-27(31(7,8)9)21-28(24)23-12-17-26(18-13-23)30(4,5)6;1-19(2,3)15-9-7-14(8-10-15)17-13-16(20(4,5)6)11-12-18(17)21;1-10(2,3)8-4-6-9(11)7-5-8;2*1-2/h10-19,21H,20H2,1-9H3;7-13H,21H2,1-6H3;4-7H,1-3H3;1H3;2H2/i10D,11D,15D,16D;;4D,5D,6D,7D;;. The Morgan fingerprint density at radius 1 is 0.403 bits per heavy atom. The molecular formula is C62H85BrI2N2. The van der Waals surface area contributed by atoms with Crippen LogP contribution < -0.4 is 9.68 Å². The van der Waals surface area contributed by atoms with Gasteiger partial charge in [0, 0.05) is 38.6 Å². The molecule has 2 nitrogen and oxygen atoms in total. The van der Waals surface area contributed by atoms with E-state index >= 15 is 0 Å². The van der Waals surface area contributed by atoms with Crippen molar-refractivity contribution in [2.24, 2.45) is 3.95 Å². The zero-order chi connectivity index (χ0) is 58.3. The van der Waals surface area contributed by atoms with Gasteiger partial charge in [0.25, 0.3) is 0 Å². The molecule has 0 saturated carbocycles. The van der Waals surface area contributed by atoms with Gasteiger partial charge in [-0.15, -0.1) is 0 Å². The van der Waals surface area contributed by atoms with Gasteiger partial charge in [0.15, 0.2) is 0 Å². The summed E-state index contributed by atoms with van der Waals surface area (Å²) in [5.74, 6) is 0. The Kier molecular flexibility index (Phi) is 18.0. The first-order chi connectivity index (χ1) is 34.2. The van der Waals surface area contributed by atoms with Gasteiger partial charge in [-0.3, -0.25) is 3.95 Å². The van der Waals surface area contributed by atoms with Gasteiger partial charge in [-0.2, -0.15) is 0 Å². The highest BCUT2D eigenvalue weighted by molar-refractivity contribution is 14.1. The summed E-state index contributed by atoms with van der Waals surface area (Å²) in [5, 5.41) is 0. The molecule has 6 aromatic rings. The second-order valence-electron chi connectivity index (χ2n) is 23.0. The maximum absolute atomic E-state index is 8.73. The van der Waals surface area contributed by atoms with Gasteiger partial charge in [-0.05, 0) is 129 Å². The van der Waals surface area contributed by atoms with Gasteiger partial charge in [-0.1, -0.05) is 272 Å². The molecule has 0 fully saturated rings. The van der Waals surface area contributed by atoms with Gasteiger partial charge in [0.2, 0.25) is 0 Å². The number of halogens is 3. The van der Waals surface area contributed by atoms with E-state index < -0.39 is 5.41 Å². The Morgan fingerprint density at radius 2 is 0.701 bits per heavy atom. The van der Waals surface area contributed by atoms with Crippen LogP contribution in [-0.2, 0) is 38.9 Å². The number of benzene rings is 6. The molecule has 67 heavy (non-hydrogen) atoms. The van der Waals surface area contributed by atoms with E-state index in [0.29, 0.717) is 23.1 Å². The van der Waals surface area contributed by atoms with Crippen molar-refractivity contribution in [3.8, 4) is 22.3 Å². The van der Waals surface area contributed by atoms with Gasteiger partial charge in [0.1, 0.15) is 0 Å². The highest BCUT2D eigenvalue weighted by Gasteiger charge is 2.20. The van der Waals surface area contributed by atoms with E-state index in [1.54, 1.807) is 22.9 Å². The van der Waals surface area contributed by atoms with Gasteiger partial charge >= 0.3 is 0 Å². The lowest BCUT2D eigenvalue weighted by Gasteiger charge is -2.23. The molecule has 6 aromatic carbocycles. The van der Waals surface area contributed by atoms with Crippen LogP contribution in [0, 0.1) is 0 Å². The molecule has 0 aliphatic rings. The molecule has 5 heteroatoms. The molecule has 0 bridgehead atoms. The van der Waals surface area contributed by atoms with Crippen molar-refractivity contribution in [2.45, 2.75) is 164 Å². The van der Waals surface area contributed by atoms with E-state index in [1.165, 1.54) is 27.8 Å². The molecule has 4 N–H and O–H groups in total. The van der Waals surface area contributed by atoms with Crippen LogP contribution in [0.5, 0.6) is 0 Å². The summed E-state index contributed by atoms with van der Waals surface area (Å²) < 4.78 is 70.3. The second-order valence-corrected chi connectivity index (χ2v) is 23.8. The van der Waals surface area contributed by atoms with Gasteiger partial charge in [0.05, 0.1) is 11.0 Å². The number of nitrogen functional groups attached to an aromatic ring is 1. The first-order valence-corrected chi connectivity index (χ1v) is 27.1. The molecule has 0 radical (unpaired) electrons. The number of alkyl halides is 1. The Balaban J connectivity index is 0.000000408. The van der Waals surface area contributed by atoms with Crippen LogP contribution in [0.3, 0.4) is 0 Å². The van der Waals surface area contributed by atoms with E-state index in [-0.39, 0.29) is 79.9 Å². The zero-order valence-electron chi connectivity index (χ0n) is 52.1. The summed E-state index contributed by atoms with van der Waals surface area (Å²) in [6.45, 7) is 38.0.